The second kappa shape index (κ2) is 14.6. The van der Waals surface area contributed by atoms with Gasteiger partial charge < -0.3 is 20.4 Å². The molecule has 0 aliphatic carbocycles. The van der Waals surface area contributed by atoms with E-state index in [1.165, 1.54) is 12.1 Å². The van der Waals surface area contributed by atoms with Gasteiger partial charge in [-0.05, 0) is 10.8 Å². The molecular weight excluding hydrogens is 648 g/mol. The van der Waals surface area contributed by atoms with Gasteiger partial charge in [0.2, 0.25) is 0 Å². The van der Waals surface area contributed by atoms with Gasteiger partial charge >= 0.3 is 17.4 Å². The molecule has 0 amide bonds. The molecule has 1 radical (unpaired) electrons. The van der Waals surface area contributed by atoms with Crippen molar-refractivity contribution in [3.63, 3.8) is 0 Å². The summed E-state index contributed by atoms with van der Waals surface area (Å²) in [5.74, 6) is -1.70. The second-order valence-electron chi connectivity index (χ2n) is 9.49. The first kappa shape index (κ1) is 33.5. The molecule has 0 aromatic heterocycles. The van der Waals surface area contributed by atoms with Crippen molar-refractivity contribution in [2.45, 2.75) is 0 Å². The Bertz CT molecular complexity index is 2040. The normalized spacial score (nSPS) is 10.9. The van der Waals surface area contributed by atoms with Crippen molar-refractivity contribution in [3.05, 3.63) is 129 Å². The van der Waals surface area contributed by atoms with Gasteiger partial charge in [-0.3, -0.25) is 20.2 Å². The minimum absolute atomic E-state index is 0. The fourth-order valence-electron chi connectivity index (χ4n) is 4.28. The van der Waals surface area contributed by atoms with Gasteiger partial charge in [0.05, 0.1) is 32.6 Å². The van der Waals surface area contributed by atoms with Gasteiger partial charge in [-0.15, -0.1) is 0 Å². The van der Waals surface area contributed by atoms with Crippen molar-refractivity contribution < 1.29 is 47.6 Å². The predicted molar refractivity (Wildman–Crippen MR) is 160 cm³/mol. The molecule has 0 saturated carbocycles. The van der Waals surface area contributed by atoms with Crippen LogP contribution in [0, 0.1) is 20.2 Å². The van der Waals surface area contributed by atoms with Crippen LogP contribution in [0.1, 0.15) is 0 Å². The number of non-ortho nitro benzene ring substituents is 2. The SMILES string of the molecule is O=[N+]([O-])c1ccc([O-])c(N=Nc2c([O-])ccc3ccccc23)c1.O=[N+]([O-])c1ccc([O-])c(N=Nc2c([O-])ccc3ccccc23)c1.[Cr+3]. The van der Waals surface area contributed by atoms with E-state index in [4.69, 9.17) is 0 Å². The maximum absolute atomic E-state index is 12.0. The molecule has 0 N–H and O–H groups in total. The summed E-state index contributed by atoms with van der Waals surface area (Å²) in [5, 5.41) is 86.9. The summed E-state index contributed by atoms with van der Waals surface area (Å²) < 4.78 is 0. The molecule has 0 aliphatic rings. The molecule has 0 fully saturated rings. The van der Waals surface area contributed by atoms with E-state index in [1.807, 2.05) is 24.3 Å². The van der Waals surface area contributed by atoms with Crippen LogP contribution in [-0.4, -0.2) is 9.85 Å². The largest absolute Gasteiger partial charge is 3.00 e. The monoisotopic (exact) mass is 666 g/mol. The molecule has 47 heavy (non-hydrogen) atoms. The molecule has 6 rings (SSSR count). The topological polar surface area (TPSA) is 228 Å². The van der Waals surface area contributed by atoms with Crippen LogP contribution in [0.2, 0.25) is 0 Å². The van der Waals surface area contributed by atoms with Gasteiger partial charge in [-0.25, -0.2) is 0 Å². The van der Waals surface area contributed by atoms with Gasteiger partial charge in [-0.2, -0.15) is 20.5 Å². The van der Waals surface area contributed by atoms with E-state index < -0.39 is 21.3 Å². The Balaban J connectivity index is 0.000000208. The van der Waals surface area contributed by atoms with Gasteiger partial charge in [0.1, 0.15) is 0 Å². The van der Waals surface area contributed by atoms with Gasteiger partial charge in [0.25, 0.3) is 11.4 Å². The number of nitrogens with zero attached hydrogens (tertiary/aromatic N) is 6. The number of fused-ring (bicyclic) bond motifs is 2. The van der Waals surface area contributed by atoms with Crippen LogP contribution >= 0.6 is 0 Å². The Morgan fingerprint density at radius 1 is 0.447 bits per heavy atom. The summed E-state index contributed by atoms with van der Waals surface area (Å²) >= 11 is 0. The molecule has 0 atom stereocenters. The first-order chi connectivity index (χ1) is 22.1. The first-order valence-corrected chi connectivity index (χ1v) is 13.2. The standard InChI is InChI=1S/2C16H11N3O4.Cr/c2*20-14-8-6-11(19(22)23)9-13(14)17-18-16-12-4-2-1-3-10(12)5-7-15(16)21;/h2*1-9,20-21H;/q;;+3/p-4. The van der Waals surface area contributed by atoms with Crippen LogP contribution in [0.3, 0.4) is 0 Å². The van der Waals surface area contributed by atoms with Crippen LogP contribution in [0.15, 0.2) is 130 Å². The van der Waals surface area contributed by atoms with Crippen molar-refractivity contribution in [3.8, 4) is 23.0 Å². The van der Waals surface area contributed by atoms with E-state index in [1.54, 1.807) is 36.4 Å². The van der Waals surface area contributed by atoms with E-state index >= 15 is 0 Å². The molecule has 6 aromatic rings. The van der Waals surface area contributed by atoms with Crippen molar-refractivity contribution in [1.29, 1.82) is 0 Å². The molecule has 14 nitrogen and oxygen atoms in total. The van der Waals surface area contributed by atoms with E-state index in [0.29, 0.717) is 10.8 Å². The molecule has 0 saturated heterocycles. The average molecular weight is 667 g/mol. The number of nitro benzene ring substituents is 2. The van der Waals surface area contributed by atoms with Crippen molar-refractivity contribution in [2.75, 3.05) is 0 Å². The molecule has 6 aromatic carbocycles. The van der Waals surface area contributed by atoms with Crippen LogP contribution in [-0.2, 0) is 17.4 Å². The molecule has 15 heteroatoms. The van der Waals surface area contributed by atoms with E-state index in [9.17, 15) is 40.7 Å². The fourth-order valence-corrected chi connectivity index (χ4v) is 4.28. The first-order valence-electron chi connectivity index (χ1n) is 13.2. The fraction of sp³-hybridized carbons (Fsp3) is 0. The number of azo groups is 2. The summed E-state index contributed by atoms with van der Waals surface area (Å²) in [6.45, 7) is 0. The number of nitro groups is 2. The summed E-state index contributed by atoms with van der Waals surface area (Å²) in [6, 6.07) is 26.7. The van der Waals surface area contributed by atoms with E-state index in [2.05, 4.69) is 20.5 Å². The van der Waals surface area contributed by atoms with Crippen molar-refractivity contribution in [2.24, 2.45) is 20.5 Å². The summed E-state index contributed by atoms with van der Waals surface area (Å²) in [4.78, 5) is 20.2. The molecule has 0 spiro atoms. The maximum atomic E-state index is 12.0. The summed E-state index contributed by atoms with van der Waals surface area (Å²) in [7, 11) is 0. The maximum Gasteiger partial charge on any atom is 3.00 e. The van der Waals surface area contributed by atoms with E-state index in [0.717, 1.165) is 47.2 Å². The third-order valence-electron chi connectivity index (χ3n) is 6.55. The molecule has 0 heterocycles. The van der Waals surface area contributed by atoms with Gasteiger partial charge in [-0.1, -0.05) is 108 Å². The Hall–Kier alpha value is -6.43. The van der Waals surface area contributed by atoms with Crippen LogP contribution in [0.5, 0.6) is 23.0 Å². The zero-order chi connectivity index (χ0) is 32.8. The van der Waals surface area contributed by atoms with Crippen LogP contribution < -0.4 is 20.4 Å². The van der Waals surface area contributed by atoms with Crippen molar-refractivity contribution in [1.82, 2.24) is 0 Å². The number of rotatable bonds is 6. The van der Waals surface area contributed by atoms with Crippen LogP contribution in [0.4, 0.5) is 34.1 Å². The third kappa shape index (κ3) is 7.63. The number of hydrogen-bond acceptors (Lipinski definition) is 12. The van der Waals surface area contributed by atoms with Crippen LogP contribution in [0.25, 0.3) is 21.5 Å². The Morgan fingerprint density at radius 3 is 1.19 bits per heavy atom. The minimum Gasteiger partial charge on any atom is -0.871 e. The smallest absolute Gasteiger partial charge is 0.871 e. The average Bonchev–Trinajstić information content (AvgIpc) is 3.05. The Labute approximate surface area is 275 Å². The van der Waals surface area contributed by atoms with Crippen molar-refractivity contribution >= 4 is 55.7 Å². The predicted octanol–water partition coefficient (Wildman–Crippen LogP) is 6.62. The molecule has 0 aliphatic heterocycles. The molecule has 0 bridgehead atoms. The minimum atomic E-state index is -0.630. The third-order valence-corrected chi connectivity index (χ3v) is 6.55. The zero-order valence-corrected chi connectivity index (χ0v) is 25.0. The molecule has 231 valence electrons. The number of benzene rings is 6. The number of hydrogen-bond donors (Lipinski definition) is 0. The quantitative estimate of drug-likeness (QED) is 0.106. The Morgan fingerprint density at radius 2 is 0.809 bits per heavy atom. The van der Waals surface area contributed by atoms with Gasteiger partial charge in [0.15, 0.2) is 0 Å². The summed E-state index contributed by atoms with van der Waals surface area (Å²) in [6.07, 6.45) is 0. The summed E-state index contributed by atoms with van der Waals surface area (Å²) in [5.41, 5.74) is -0.723. The van der Waals surface area contributed by atoms with Gasteiger partial charge in [0, 0.05) is 35.0 Å². The Kier molecular flexibility index (Phi) is 10.4. The second-order valence-corrected chi connectivity index (χ2v) is 9.49. The zero-order valence-electron chi connectivity index (χ0n) is 23.7. The van der Waals surface area contributed by atoms with E-state index in [-0.39, 0.29) is 63.0 Å². The molecule has 0 unspecified atom stereocenters. The molecular formula is C32H18CrN6O8-.